The van der Waals surface area contributed by atoms with E-state index in [2.05, 4.69) is 4.98 Å². The van der Waals surface area contributed by atoms with Crippen molar-refractivity contribution in [3.63, 3.8) is 0 Å². The minimum atomic E-state index is -0.290. The van der Waals surface area contributed by atoms with Crippen LogP contribution in [0.25, 0.3) is 0 Å². The Morgan fingerprint density at radius 3 is 2.78 bits per heavy atom. The predicted molar refractivity (Wildman–Crippen MR) is 81.6 cm³/mol. The first kappa shape index (κ1) is 15.7. The number of rotatable bonds is 3. The van der Waals surface area contributed by atoms with Gasteiger partial charge in [-0.2, -0.15) is 0 Å². The summed E-state index contributed by atoms with van der Waals surface area (Å²) in [4.78, 5) is 18.5. The van der Waals surface area contributed by atoms with E-state index in [9.17, 15) is 9.18 Å². The van der Waals surface area contributed by atoms with Crippen LogP contribution in [-0.2, 0) is 4.74 Å². The van der Waals surface area contributed by atoms with Crippen molar-refractivity contribution in [2.45, 2.75) is 25.9 Å². The number of carbonyl (C=O) groups excluding carboxylic acids is 1. The highest BCUT2D eigenvalue weighted by atomic mass is 19.1. The van der Waals surface area contributed by atoms with Gasteiger partial charge in [0.2, 0.25) is 0 Å². The van der Waals surface area contributed by atoms with Crippen LogP contribution >= 0.6 is 0 Å². The number of benzene rings is 1. The SMILES string of the molecule is CC(C)c1ocnc1C(=O)N1CCOC(c2ccc(F)cc2)C1. The van der Waals surface area contributed by atoms with Gasteiger partial charge in [0.05, 0.1) is 13.2 Å². The molecule has 1 saturated heterocycles. The number of hydrogen-bond donors (Lipinski definition) is 0. The van der Waals surface area contributed by atoms with E-state index in [0.29, 0.717) is 31.2 Å². The maximum atomic E-state index is 13.0. The van der Waals surface area contributed by atoms with Gasteiger partial charge in [-0.05, 0) is 17.7 Å². The smallest absolute Gasteiger partial charge is 0.276 e. The fourth-order valence-corrected chi connectivity index (χ4v) is 2.69. The van der Waals surface area contributed by atoms with E-state index >= 15 is 0 Å². The molecule has 0 N–H and O–H groups in total. The van der Waals surface area contributed by atoms with Crippen LogP contribution < -0.4 is 0 Å². The number of oxazole rings is 1. The molecule has 1 aromatic carbocycles. The molecule has 1 unspecified atom stereocenters. The Bertz CT molecular complexity index is 681. The molecular weight excluding hydrogens is 299 g/mol. The Labute approximate surface area is 134 Å². The Hall–Kier alpha value is -2.21. The fourth-order valence-electron chi connectivity index (χ4n) is 2.69. The zero-order valence-corrected chi connectivity index (χ0v) is 13.2. The molecule has 1 aliphatic rings. The van der Waals surface area contributed by atoms with Crippen LogP contribution in [0.2, 0.25) is 0 Å². The molecule has 122 valence electrons. The standard InChI is InChI=1S/C17H19FN2O3/c1-11(2)16-15(19-10-23-16)17(21)20-7-8-22-14(9-20)12-3-5-13(18)6-4-12/h3-6,10-11,14H,7-9H2,1-2H3. The summed E-state index contributed by atoms with van der Waals surface area (Å²) in [5, 5.41) is 0. The highest BCUT2D eigenvalue weighted by Gasteiger charge is 2.29. The van der Waals surface area contributed by atoms with Gasteiger partial charge in [-0.25, -0.2) is 9.37 Å². The Balaban J connectivity index is 1.76. The topological polar surface area (TPSA) is 55.6 Å². The molecule has 0 bridgehead atoms. The molecule has 23 heavy (non-hydrogen) atoms. The molecule has 1 fully saturated rings. The average Bonchev–Trinajstić information content (AvgIpc) is 3.05. The monoisotopic (exact) mass is 318 g/mol. The van der Waals surface area contributed by atoms with Gasteiger partial charge in [0.1, 0.15) is 17.7 Å². The summed E-state index contributed by atoms with van der Waals surface area (Å²) >= 11 is 0. The van der Waals surface area contributed by atoms with Gasteiger partial charge in [-0.3, -0.25) is 4.79 Å². The first-order valence-electron chi connectivity index (χ1n) is 7.66. The van der Waals surface area contributed by atoms with E-state index < -0.39 is 0 Å². The molecule has 0 saturated carbocycles. The molecule has 6 heteroatoms. The summed E-state index contributed by atoms with van der Waals surface area (Å²) in [6.45, 7) is 5.26. The lowest BCUT2D eigenvalue weighted by molar-refractivity contribution is -0.0231. The van der Waals surface area contributed by atoms with Gasteiger partial charge in [0, 0.05) is 12.5 Å². The van der Waals surface area contributed by atoms with Crippen molar-refractivity contribution >= 4 is 5.91 Å². The zero-order chi connectivity index (χ0) is 16.4. The Kier molecular flexibility index (Phi) is 4.43. The van der Waals surface area contributed by atoms with Crippen LogP contribution in [0.1, 0.15) is 47.7 Å². The number of nitrogens with zero attached hydrogens (tertiary/aromatic N) is 2. The number of hydrogen-bond acceptors (Lipinski definition) is 4. The minimum Gasteiger partial charge on any atom is -0.447 e. The second-order valence-corrected chi connectivity index (χ2v) is 5.88. The van der Waals surface area contributed by atoms with Crippen molar-refractivity contribution < 1.29 is 18.3 Å². The first-order valence-corrected chi connectivity index (χ1v) is 7.66. The van der Waals surface area contributed by atoms with E-state index in [-0.39, 0.29) is 23.7 Å². The van der Waals surface area contributed by atoms with Crippen molar-refractivity contribution in [2.24, 2.45) is 0 Å². The van der Waals surface area contributed by atoms with E-state index in [1.807, 2.05) is 13.8 Å². The number of halogens is 1. The molecule has 2 heterocycles. The first-order chi connectivity index (χ1) is 11.1. The number of morpholine rings is 1. The lowest BCUT2D eigenvalue weighted by atomic mass is 10.1. The molecule has 0 spiro atoms. The summed E-state index contributed by atoms with van der Waals surface area (Å²) < 4.78 is 24.1. The second-order valence-electron chi connectivity index (χ2n) is 5.88. The van der Waals surface area contributed by atoms with Crippen molar-refractivity contribution in [3.8, 4) is 0 Å². The van der Waals surface area contributed by atoms with Crippen LogP contribution in [0.5, 0.6) is 0 Å². The highest BCUT2D eigenvalue weighted by Crippen LogP contribution is 2.25. The third-order valence-corrected chi connectivity index (χ3v) is 3.92. The molecule has 1 amide bonds. The molecular formula is C17H19FN2O3. The molecule has 1 atom stereocenters. The number of carbonyl (C=O) groups is 1. The molecule has 5 nitrogen and oxygen atoms in total. The summed E-state index contributed by atoms with van der Waals surface area (Å²) in [6, 6.07) is 6.16. The van der Waals surface area contributed by atoms with Crippen LogP contribution in [0.15, 0.2) is 35.1 Å². The van der Waals surface area contributed by atoms with Crippen LogP contribution in [0.4, 0.5) is 4.39 Å². The van der Waals surface area contributed by atoms with Gasteiger partial charge in [-0.15, -0.1) is 0 Å². The van der Waals surface area contributed by atoms with Crippen molar-refractivity contribution in [1.29, 1.82) is 0 Å². The lowest BCUT2D eigenvalue weighted by Gasteiger charge is -2.33. The number of aromatic nitrogens is 1. The second kappa shape index (κ2) is 6.50. The van der Waals surface area contributed by atoms with E-state index in [4.69, 9.17) is 9.15 Å². The quantitative estimate of drug-likeness (QED) is 0.872. The fraction of sp³-hybridized carbons (Fsp3) is 0.412. The van der Waals surface area contributed by atoms with Crippen LogP contribution in [0.3, 0.4) is 0 Å². The van der Waals surface area contributed by atoms with Crippen molar-refractivity contribution in [2.75, 3.05) is 19.7 Å². The lowest BCUT2D eigenvalue weighted by Crippen LogP contribution is -2.42. The third kappa shape index (κ3) is 3.27. The maximum Gasteiger partial charge on any atom is 0.276 e. The summed E-state index contributed by atoms with van der Waals surface area (Å²) in [6.07, 6.45) is 1.04. The van der Waals surface area contributed by atoms with E-state index in [0.717, 1.165) is 5.56 Å². The number of ether oxygens (including phenoxy) is 1. The largest absolute Gasteiger partial charge is 0.447 e. The normalized spacial score (nSPS) is 18.4. The average molecular weight is 318 g/mol. The molecule has 1 aromatic heterocycles. The van der Waals surface area contributed by atoms with Gasteiger partial charge in [0.25, 0.3) is 5.91 Å². The van der Waals surface area contributed by atoms with E-state index in [1.54, 1.807) is 17.0 Å². The third-order valence-electron chi connectivity index (χ3n) is 3.92. The van der Waals surface area contributed by atoms with Crippen LogP contribution in [0, 0.1) is 5.82 Å². The Morgan fingerprint density at radius 1 is 1.35 bits per heavy atom. The van der Waals surface area contributed by atoms with Crippen molar-refractivity contribution in [1.82, 2.24) is 9.88 Å². The van der Waals surface area contributed by atoms with E-state index in [1.165, 1.54) is 18.5 Å². The van der Waals surface area contributed by atoms with Crippen molar-refractivity contribution in [3.05, 3.63) is 53.5 Å². The molecule has 2 aromatic rings. The van der Waals surface area contributed by atoms with Crippen LogP contribution in [-0.4, -0.2) is 35.5 Å². The summed E-state index contributed by atoms with van der Waals surface area (Å²) in [5.74, 6) is 0.240. The zero-order valence-electron chi connectivity index (χ0n) is 13.2. The molecule has 0 radical (unpaired) electrons. The molecule has 3 rings (SSSR count). The summed E-state index contributed by atoms with van der Waals surface area (Å²) in [7, 11) is 0. The van der Waals surface area contributed by atoms with Gasteiger partial charge in [-0.1, -0.05) is 26.0 Å². The van der Waals surface area contributed by atoms with Gasteiger partial charge in [0.15, 0.2) is 12.1 Å². The highest BCUT2D eigenvalue weighted by molar-refractivity contribution is 5.93. The van der Waals surface area contributed by atoms with Gasteiger partial charge < -0.3 is 14.1 Å². The maximum absolute atomic E-state index is 13.0. The number of amides is 1. The summed E-state index contributed by atoms with van der Waals surface area (Å²) in [5.41, 5.74) is 1.22. The Morgan fingerprint density at radius 2 is 2.09 bits per heavy atom. The molecule has 1 aliphatic heterocycles. The van der Waals surface area contributed by atoms with Gasteiger partial charge >= 0.3 is 0 Å². The molecule has 0 aliphatic carbocycles. The minimum absolute atomic E-state index is 0.0883. The predicted octanol–water partition coefficient (Wildman–Crippen LogP) is 3.15.